The van der Waals surface area contributed by atoms with E-state index < -0.39 is 10.0 Å². The lowest BCUT2D eigenvalue weighted by Crippen LogP contribution is -2.40. The molecule has 0 aliphatic carbocycles. The summed E-state index contributed by atoms with van der Waals surface area (Å²) in [6.07, 6.45) is 1.98. The standard InChI is InChI=1S/C14H23N3O3S2/c1-3-16-9-11-4-6-17(7-5-11)14(18)13-8-12(10-21-13)22(19,20)15-2/h8,10-11,15-16H,3-7,9H2,1-2H3. The molecule has 1 aliphatic rings. The van der Waals surface area contributed by atoms with Crippen molar-refractivity contribution in [2.24, 2.45) is 5.92 Å². The molecule has 0 unspecified atom stereocenters. The summed E-state index contributed by atoms with van der Waals surface area (Å²) in [6.45, 7) is 5.53. The summed E-state index contributed by atoms with van der Waals surface area (Å²) in [5.74, 6) is 0.553. The molecule has 0 radical (unpaired) electrons. The lowest BCUT2D eigenvalue weighted by atomic mass is 9.96. The molecule has 1 aromatic rings. The van der Waals surface area contributed by atoms with Crippen molar-refractivity contribution >= 4 is 27.3 Å². The van der Waals surface area contributed by atoms with Crippen LogP contribution in [0.15, 0.2) is 16.3 Å². The summed E-state index contributed by atoms with van der Waals surface area (Å²) in [5.41, 5.74) is 0. The van der Waals surface area contributed by atoms with E-state index in [1.54, 1.807) is 0 Å². The van der Waals surface area contributed by atoms with E-state index in [2.05, 4.69) is 17.0 Å². The molecule has 124 valence electrons. The summed E-state index contributed by atoms with van der Waals surface area (Å²) < 4.78 is 25.7. The first-order valence-electron chi connectivity index (χ1n) is 7.50. The zero-order valence-corrected chi connectivity index (χ0v) is 14.6. The SMILES string of the molecule is CCNCC1CCN(C(=O)c2cc(S(=O)(=O)NC)cs2)CC1. The van der Waals surface area contributed by atoms with Crippen LogP contribution in [-0.2, 0) is 10.0 Å². The van der Waals surface area contributed by atoms with Crippen LogP contribution in [-0.4, -0.2) is 52.5 Å². The van der Waals surface area contributed by atoms with E-state index >= 15 is 0 Å². The normalized spacial score (nSPS) is 16.9. The molecule has 0 atom stereocenters. The van der Waals surface area contributed by atoms with Crippen molar-refractivity contribution in [3.8, 4) is 0 Å². The second-order valence-electron chi connectivity index (χ2n) is 5.40. The van der Waals surface area contributed by atoms with Gasteiger partial charge in [0.1, 0.15) is 0 Å². The summed E-state index contributed by atoms with van der Waals surface area (Å²) >= 11 is 1.19. The van der Waals surface area contributed by atoms with Gasteiger partial charge in [-0.15, -0.1) is 11.3 Å². The van der Waals surface area contributed by atoms with E-state index in [1.165, 1.54) is 29.8 Å². The zero-order valence-electron chi connectivity index (χ0n) is 13.0. The first-order valence-corrected chi connectivity index (χ1v) is 9.86. The molecule has 1 saturated heterocycles. The third-order valence-corrected chi connectivity index (χ3v) is 6.41. The second kappa shape index (κ2) is 7.54. The van der Waals surface area contributed by atoms with E-state index in [0.717, 1.165) is 39.0 Å². The average Bonchev–Trinajstić information content (AvgIpc) is 3.03. The Kier molecular flexibility index (Phi) is 5.96. The highest BCUT2D eigenvalue weighted by Crippen LogP contribution is 2.23. The van der Waals surface area contributed by atoms with Crippen molar-refractivity contribution in [1.82, 2.24) is 14.9 Å². The van der Waals surface area contributed by atoms with Crippen molar-refractivity contribution in [3.63, 3.8) is 0 Å². The first kappa shape index (κ1) is 17.4. The van der Waals surface area contributed by atoms with E-state index in [-0.39, 0.29) is 10.8 Å². The zero-order chi connectivity index (χ0) is 16.2. The van der Waals surface area contributed by atoms with Crippen LogP contribution in [0, 0.1) is 5.92 Å². The molecule has 1 amide bonds. The van der Waals surface area contributed by atoms with Gasteiger partial charge in [-0.25, -0.2) is 13.1 Å². The molecule has 6 nitrogen and oxygen atoms in total. The Morgan fingerprint density at radius 2 is 2.09 bits per heavy atom. The van der Waals surface area contributed by atoms with Gasteiger partial charge in [0.25, 0.3) is 5.91 Å². The number of amides is 1. The topological polar surface area (TPSA) is 78.5 Å². The number of hydrogen-bond donors (Lipinski definition) is 2. The summed E-state index contributed by atoms with van der Waals surface area (Å²) in [7, 11) is -2.11. The van der Waals surface area contributed by atoms with E-state index in [1.807, 2.05) is 4.90 Å². The third kappa shape index (κ3) is 4.07. The van der Waals surface area contributed by atoms with Crippen LogP contribution in [0.4, 0.5) is 0 Å². The highest BCUT2D eigenvalue weighted by atomic mass is 32.2. The molecule has 2 rings (SSSR count). The fourth-order valence-corrected chi connectivity index (χ4v) is 4.50. The number of nitrogens with one attached hydrogen (secondary N) is 2. The van der Waals surface area contributed by atoms with Gasteiger partial charge in [-0.3, -0.25) is 4.79 Å². The smallest absolute Gasteiger partial charge is 0.263 e. The van der Waals surface area contributed by atoms with Crippen LogP contribution >= 0.6 is 11.3 Å². The monoisotopic (exact) mass is 345 g/mol. The van der Waals surface area contributed by atoms with Gasteiger partial charge in [0.2, 0.25) is 10.0 Å². The predicted molar refractivity (Wildman–Crippen MR) is 87.7 cm³/mol. The molecule has 8 heteroatoms. The minimum Gasteiger partial charge on any atom is -0.338 e. The second-order valence-corrected chi connectivity index (χ2v) is 8.20. The number of rotatable bonds is 6. The molecule has 0 bridgehead atoms. The number of thiophene rings is 1. The highest BCUT2D eigenvalue weighted by molar-refractivity contribution is 7.89. The molecular formula is C14H23N3O3S2. The minimum absolute atomic E-state index is 0.0653. The fourth-order valence-electron chi connectivity index (χ4n) is 2.53. The number of likely N-dealkylation sites (tertiary alicyclic amines) is 1. The van der Waals surface area contributed by atoms with Crippen molar-refractivity contribution < 1.29 is 13.2 Å². The van der Waals surface area contributed by atoms with Gasteiger partial charge in [0.05, 0.1) is 9.77 Å². The van der Waals surface area contributed by atoms with Gasteiger partial charge >= 0.3 is 0 Å². The maximum Gasteiger partial charge on any atom is 0.263 e. The van der Waals surface area contributed by atoms with Gasteiger partial charge in [0.15, 0.2) is 0 Å². The van der Waals surface area contributed by atoms with Crippen molar-refractivity contribution in [2.75, 3.05) is 33.2 Å². The van der Waals surface area contributed by atoms with Crippen molar-refractivity contribution in [3.05, 3.63) is 16.3 Å². The summed E-state index contributed by atoms with van der Waals surface area (Å²) in [5, 5.41) is 4.86. The number of hydrogen-bond acceptors (Lipinski definition) is 5. The Morgan fingerprint density at radius 3 is 2.68 bits per heavy atom. The van der Waals surface area contributed by atoms with Crippen LogP contribution in [0.25, 0.3) is 0 Å². The molecule has 22 heavy (non-hydrogen) atoms. The first-order chi connectivity index (χ1) is 10.5. The third-order valence-electron chi connectivity index (χ3n) is 3.95. The Morgan fingerprint density at radius 1 is 1.41 bits per heavy atom. The average molecular weight is 345 g/mol. The Bertz CT molecular complexity index is 605. The lowest BCUT2D eigenvalue weighted by molar-refractivity contribution is 0.0695. The number of carbonyl (C=O) groups excluding carboxylic acids is 1. The maximum absolute atomic E-state index is 12.5. The van der Waals surface area contributed by atoms with Gasteiger partial charge in [-0.05, 0) is 45.0 Å². The Labute approximate surface area is 135 Å². The van der Waals surface area contributed by atoms with Gasteiger partial charge in [-0.1, -0.05) is 6.92 Å². The largest absolute Gasteiger partial charge is 0.338 e. The van der Waals surface area contributed by atoms with Crippen LogP contribution in [0.2, 0.25) is 0 Å². The van der Waals surface area contributed by atoms with E-state index in [9.17, 15) is 13.2 Å². The van der Waals surface area contributed by atoms with E-state index in [4.69, 9.17) is 0 Å². The van der Waals surface area contributed by atoms with Crippen molar-refractivity contribution in [1.29, 1.82) is 0 Å². The summed E-state index contributed by atoms with van der Waals surface area (Å²) in [6, 6.07) is 1.46. The molecule has 1 fully saturated rings. The molecule has 2 heterocycles. The number of piperidine rings is 1. The van der Waals surface area contributed by atoms with Gasteiger partial charge in [-0.2, -0.15) is 0 Å². The van der Waals surface area contributed by atoms with Crippen LogP contribution in [0.3, 0.4) is 0 Å². The molecular weight excluding hydrogens is 322 g/mol. The van der Waals surface area contributed by atoms with Crippen LogP contribution < -0.4 is 10.0 Å². The number of sulfonamides is 1. The molecule has 2 N–H and O–H groups in total. The lowest BCUT2D eigenvalue weighted by Gasteiger charge is -2.31. The number of carbonyl (C=O) groups is 1. The fraction of sp³-hybridized carbons (Fsp3) is 0.643. The number of nitrogens with zero attached hydrogens (tertiary/aromatic N) is 1. The molecule has 1 aliphatic heterocycles. The summed E-state index contributed by atoms with van der Waals surface area (Å²) in [4.78, 5) is 14.9. The van der Waals surface area contributed by atoms with Crippen LogP contribution in [0.5, 0.6) is 0 Å². The Balaban J connectivity index is 1.96. The van der Waals surface area contributed by atoms with Crippen molar-refractivity contribution in [2.45, 2.75) is 24.7 Å². The highest BCUT2D eigenvalue weighted by Gasteiger charge is 2.25. The molecule has 1 aromatic heterocycles. The maximum atomic E-state index is 12.5. The minimum atomic E-state index is -3.48. The predicted octanol–water partition coefficient (Wildman–Crippen LogP) is 1.12. The van der Waals surface area contributed by atoms with Gasteiger partial charge < -0.3 is 10.2 Å². The van der Waals surface area contributed by atoms with Gasteiger partial charge in [0, 0.05) is 18.5 Å². The molecule has 0 spiro atoms. The van der Waals surface area contributed by atoms with E-state index in [0.29, 0.717) is 10.8 Å². The quantitative estimate of drug-likeness (QED) is 0.810. The van der Waals surface area contributed by atoms with Crippen LogP contribution in [0.1, 0.15) is 29.4 Å². The molecule has 0 saturated carbocycles. The Hall–Kier alpha value is -0.960. The molecule has 0 aromatic carbocycles.